The lowest BCUT2D eigenvalue weighted by Crippen LogP contribution is -2.47. The average Bonchev–Trinajstić information content (AvgIpc) is 3.40. The maximum Gasteiger partial charge on any atom is 0.303 e. The number of ether oxygens (including phenoxy) is 4. The van der Waals surface area contributed by atoms with E-state index in [1.54, 1.807) is 6.20 Å². The second-order valence-electron chi connectivity index (χ2n) is 9.63. The first-order valence-corrected chi connectivity index (χ1v) is 14.5. The van der Waals surface area contributed by atoms with E-state index in [4.69, 9.17) is 24.7 Å². The maximum absolute atomic E-state index is 12.0. The summed E-state index contributed by atoms with van der Waals surface area (Å²) in [6.45, 7) is 5.71. The van der Waals surface area contributed by atoms with Crippen molar-refractivity contribution < 1.29 is 28.5 Å². The number of carbonyl (C=O) groups is 2. The predicted molar refractivity (Wildman–Crippen MR) is 142 cm³/mol. The first-order valence-electron chi connectivity index (χ1n) is 13.5. The number of esters is 2. The number of carbonyl (C=O) groups excluding carboxylic acids is 2. The molecule has 3 rings (SSSR count). The molecule has 3 heterocycles. The van der Waals surface area contributed by atoms with Crippen molar-refractivity contribution in [3.05, 3.63) is 6.20 Å². The molecule has 1 saturated heterocycles. The average molecular weight is 539 g/mol. The minimum absolute atomic E-state index is 0.140. The third kappa shape index (κ3) is 9.00. The summed E-state index contributed by atoms with van der Waals surface area (Å²) in [7, 11) is 0. The Labute approximate surface area is 224 Å². The van der Waals surface area contributed by atoms with Crippen LogP contribution in [0.1, 0.15) is 85.0 Å². The molecular weight excluding hydrogens is 496 g/mol. The molecule has 0 amide bonds. The van der Waals surface area contributed by atoms with Gasteiger partial charge in [-0.15, -0.1) is 0 Å². The van der Waals surface area contributed by atoms with Crippen LogP contribution in [0.3, 0.4) is 0 Å². The quantitative estimate of drug-likeness (QED) is 0.237. The number of fused-ring (bicyclic) bond motifs is 1. The lowest BCUT2D eigenvalue weighted by Gasteiger charge is -2.29. The third-order valence-electron chi connectivity index (χ3n) is 6.51. The molecule has 0 aliphatic carbocycles. The van der Waals surface area contributed by atoms with Gasteiger partial charge in [-0.1, -0.05) is 76.5 Å². The van der Waals surface area contributed by atoms with Crippen LogP contribution in [0.5, 0.6) is 0 Å². The van der Waals surface area contributed by atoms with Gasteiger partial charge in [0.05, 0.1) is 17.4 Å². The highest BCUT2D eigenvalue weighted by atomic mass is 32.2. The molecule has 2 aliphatic rings. The Hall–Kier alpha value is -2.11. The van der Waals surface area contributed by atoms with Crippen LogP contribution in [0.2, 0.25) is 0 Å². The number of thioether (sulfide) groups is 1. The summed E-state index contributed by atoms with van der Waals surface area (Å²) in [5.74, 6) is 0.287. The van der Waals surface area contributed by atoms with Gasteiger partial charge >= 0.3 is 11.9 Å². The summed E-state index contributed by atoms with van der Waals surface area (Å²) in [5.41, 5.74) is 5.81. The number of hydrogen-bond acceptors (Lipinski definition) is 11. The Bertz CT molecular complexity index is 875. The van der Waals surface area contributed by atoms with Crippen LogP contribution in [-0.4, -0.2) is 65.5 Å². The molecule has 0 bridgehead atoms. The molecule has 0 unspecified atom stereocenters. The van der Waals surface area contributed by atoms with Crippen LogP contribution in [-0.2, 0) is 28.5 Å². The standard InChI is InChI=1S/C26H42N4O6S/c1-4-5-6-7-8-9-10-11-12-13-14-33-16-20-22(34-18(2)31)23(35-19(3)32)25(36-20)30-17-37-21-15-28-26(27)29-24(21)30/h15,20,22-23,25H,4-14,16-17H2,1-3H3,(H2,27,28,29)/t20-,22-,23-,25-/m1/s1. The molecule has 4 atom stereocenters. The first kappa shape index (κ1) is 29.4. The number of hydrogen-bond donors (Lipinski definition) is 1. The topological polar surface area (TPSA) is 126 Å². The smallest absolute Gasteiger partial charge is 0.303 e. The van der Waals surface area contributed by atoms with E-state index in [-0.39, 0.29) is 12.6 Å². The monoisotopic (exact) mass is 538 g/mol. The van der Waals surface area contributed by atoms with E-state index in [0.717, 1.165) is 17.7 Å². The minimum Gasteiger partial charge on any atom is -0.456 e. The minimum atomic E-state index is -0.838. The van der Waals surface area contributed by atoms with E-state index in [0.29, 0.717) is 18.3 Å². The molecule has 1 fully saturated rings. The fraction of sp³-hybridized carbons (Fsp3) is 0.769. The van der Waals surface area contributed by atoms with Gasteiger partial charge in [-0.3, -0.25) is 9.59 Å². The Morgan fingerprint density at radius 2 is 1.65 bits per heavy atom. The van der Waals surface area contributed by atoms with Crippen LogP contribution in [0.15, 0.2) is 11.1 Å². The van der Waals surface area contributed by atoms with Crippen molar-refractivity contribution in [2.75, 3.05) is 29.7 Å². The number of nitrogens with zero attached hydrogens (tertiary/aromatic N) is 3. The summed E-state index contributed by atoms with van der Waals surface area (Å²) in [6.07, 6.45) is 11.2. The van der Waals surface area contributed by atoms with Gasteiger partial charge in [0.1, 0.15) is 6.10 Å². The van der Waals surface area contributed by atoms with Crippen LogP contribution in [0.25, 0.3) is 0 Å². The van der Waals surface area contributed by atoms with Crippen LogP contribution in [0, 0.1) is 0 Å². The van der Waals surface area contributed by atoms with Crippen LogP contribution >= 0.6 is 11.8 Å². The number of anilines is 2. The first-order chi connectivity index (χ1) is 17.9. The molecule has 10 nitrogen and oxygen atoms in total. The summed E-state index contributed by atoms with van der Waals surface area (Å²) < 4.78 is 23.4. The molecule has 37 heavy (non-hydrogen) atoms. The lowest BCUT2D eigenvalue weighted by molar-refractivity contribution is -0.164. The second kappa shape index (κ2) is 15.3. The summed E-state index contributed by atoms with van der Waals surface area (Å²) in [4.78, 5) is 35.0. The van der Waals surface area contributed by atoms with E-state index in [1.165, 1.54) is 77.0 Å². The molecule has 2 N–H and O–H groups in total. The maximum atomic E-state index is 12.0. The molecule has 0 radical (unpaired) electrons. The number of rotatable bonds is 16. The number of nitrogen functional groups attached to an aromatic ring is 1. The predicted octanol–water partition coefficient (Wildman–Crippen LogP) is 4.45. The van der Waals surface area contributed by atoms with Crippen molar-refractivity contribution in [3.8, 4) is 0 Å². The summed E-state index contributed by atoms with van der Waals surface area (Å²) in [5, 5.41) is 0. The Morgan fingerprint density at radius 3 is 2.30 bits per heavy atom. The third-order valence-corrected chi connectivity index (χ3v) is 7.51. The van der Waals surface area contributed by atoms with Gasteiger partial charge in [-0.05, 0) is 6.42 Å². The van der Waals surface area contributed by atoms with E-state index in [9.17, 15) is 9.59 Å². The molecule has 2 aliphatic heterocycles. The number of unbranched alkanes of at least 4 members (excludes halogenated alkanes) is 9. The second-order valence-corrected chi connectivity index (χ2v) is 10.6. The highest BCUT2D eigenvalue weighted by Crippen LogP contribution is 2.42. The van der Waals surface area contributed by atoms with E-state index in [2.05, 4.69) is 16.9 Å². The van der Waals surface area contributed by atoms with Gasteiger partial charge in [0, 0.05) is 26.7 Å². The summed E-state index contributed by atoms with van der Waals surface area (Å²) in [6, 6.07) is 0. The fourth-order valence-electron chi connectivity index (χ4n) is 4.71. The van der Waals surface area contributed by atoms with E-state index in [1.807, 2.05) is 4.90 Å². The Morgan fingerprint density at radius 1 is 1.03 bits per heavy atom. The van der Waals surface area contributed by atoms with Crippen molar-refractivity contribution in [2.24, 2.45) is 0 Å². The number of nitrogens with two attached hydrogens (primary N) is 1. The van der Waals surface area contributed by atoms with Gasteiger partial charge in [0.2, 0.25) is 5.95 Å². The van der Waals surface area contributed by atoms with Gasteiger partial charge in [0.25, 0.3) is 0 Å². The molecule has 208 valence electrons. The lowest BCUT2D eigenvalue weighted by atomic mass is 10.1. The Balaban J connectivity index is 1.51. The van der Waals surface area contributed by atoms with Crippen molar-refractivity contribution >= 4 is 35.5 Å². The SMILES string of the molecule is CCCCCCCCCCCCOC[C@H]1O[C@@H](N2CSc3cnc(N)nc32)[C@H](OC(C)=O)[C@@H]1OC(C)=O. The normalized spacial score (nSPS) is 22.7. The van der Waals surface area contributed by atoms with Crippen LogP contribution < -0.4 is 10.6 Å². The van der Waals surface area contributed by atoms with Gasteiger partial charge in [-0.2, -0.15) is 4.98 Å². The van der Waals surface area contributed by atoms with Crippen molar-refractivity contribution in [1.29, 1.82) is 0 Å². The van der Waals surface area contributed by atoms with Crippen LogP contribution in [0.4, 0.5) is 11.8 Å². The van der Waals surface area contributed by atoms with Gasteiger partial charge < -0.3 is 29.6 Å². The fourth-order valence-corrected chi connectivity index (χ4v) is 5.68. The molecule has 0 aromatic carbocycles. The molecular formula is C26H42N4O6S. The molecule has 0 spiro atoms. The number of aromatic nitrogens is 2. The Kier molecular flexibility index (Phi) is 12.2. The van der Waals surface area contributed by atoms with Crippen molar-refractivity contribution in [1.82, 2.24) is 9.97 Å². The molecule has 11 heteroatoms. The highest BCUT2D eigenvalue weighted by molar-refractivity contribution is 7.99. The molecule has 0 saturated carbocycles. The molecule has 1 aromatic heterocycles. The zero-order valence-corrected chi connectivity index (χ0v) is 23.2. The highest BCUT2D eigenvalue weighted by Gasteiger charge is 2.53. The largest absolute Gasteiger partial charge is 0.456 e. The van der Waals surface area contributed by atoms with Crippen molar-refractivity contribution in [3.63, 3.8) is 0 Å². The van der Waals surface area contributed by atoms with Gasteiger partial charge in [0.15, 0.2) is 24.3 Å². The van der Waals surface area contributed by atoms with Gasteiger partial charge in [-0.25, -0.2) is 4.98 Å². The zero-order valence-electron chi connectivity index (χ0n) is 22.4. The van der Waals surface area contributed by atoms with E-state index >= 15 is 0 Å². The van der Waals surface area contributed by atoms with E-state index < -0.39 is 36.5 Å². The summed E-state index contributed by atoms with van der Waals surface area (Å²) >= 11 is 1.53. The van der Waals surface area contributed by atoms with Crippen molar-refractivity contribution in [2.45, 2.75) is 114 Å². The molecule has 1 aromatic rings. The zero-order chi connectivity index (χ0) is 26.6.